The van der Waals surface area contributed by atoms with Gasteiger partial charge in [-0.2, -0.15) is 8.42 Å². The van der Waals surface area contributed by atoms with Crippen LogP contribution in [-0.2, 0) is 10.1 Å². The Kier molecular flexibility index (Phi) is 10.9. The van der Waals surface area contributed by atoms with Crippen molar-refractivity contribution in [1.29, 1.82) is 0 Å². The maximum absolute atomic E-state index is 9.83. The molecule has 14 heavy (non-hydrogen) atoms. The minimum Gasteiger partial charge on any atom is -0.396 e. The van der Waals surface area contributed by atoms with Gasteiger partial charge in [0.25, 0.3) is 10.1 Å². The third-order valence-corrected chi connectivity index (χ3v) is 2.04. The Balaban J connectivity index is 0. The monoisotopic (exact) mass is 227 g/mol. The SMILES string of the molecule is CCCN(C)C.O=S(=O)(O)CCCO. The van der Waals surface area contributed by atoms with Crippen LogP contribution in [0.2, 0.25) is 0 Å². The molecule has 2 N–H and O–H groups in total. The summed E-state index contributed by atoms with van der Waals surface area (Å²) >= 11 is 0. The summed E-state index contributed by atoms with van der Waals surface area (Å²) in [4.78, 5) is 2.18. The highest BCUT2D eigenvalue weighted by Gasteiger charge is 2.00. The molecule has 0 aliphatic rings. The fourth-order valence-electron chi connectivity index (χ4n) is 0.694. The largest absolute Gasteiger partial charge is 0.396 e. The van der Waals surface area contributed by atoms with Gasteiger partial charge in [-0.05, 0) is 33.5 Å². The predicted molar refractivity (Wildman–Crippen MR) is 57.0 cm³/mol. The summed E-state index contributed by atoms with van der Waals surface area (Å²) in [6, 6.07) is 0. The Morgan fingerprint density at radius 3 is 1.86 bits per heavy atom. The Morgan fingerprint density at radius 1 is 1.29 bits per heavy atom. The van der Waals surface area contributed by atoms with Crippen molar-refractivity contribution in [2.45, 2.75) is 19.8 Å². The normalized spacial score (nSPS) is 11.0. The average Bonchev–Trinajstić information content (AvgIpc) is 2.00. The van der Waals surface area contributed by atoms with E-state index in [1.54, 1.807) is 0 Å². The lowest BCUT2D eigenvalue weighted by atomic mass is 10.5. The minimum absolute atomic E-state index is 0.0961. The van der Waals surface area contributed by atoms with Gasteiger partial charge in [0.1, 0.15) is 0 Å². The van der Waals surface area contributed by atoms with Crippen LogP contribution in [0, 0.1) is 0 Å². The van der Waals surface area contributed by atoms with Crippen LogP contribution < -0.4 is 0 Å². The van der Waals surface area contributed by atoms with Gasteiger partial charge in [0.05, 0.1) is 5.75 Å². The molecule has 0 saturated heterocycles. The molecule has 88 valence electrons. The molecule has 0 aliphatic heterocycles. The number of aliphatic hydroxyl groups is 1. The van der Waals surface area contributed by atoms with Gasteiger partial charge in [-0.1, -0.05) is 6.92 Å². The van der Waals surface area contributed by atoms with Crippen LogP contribution in [0.1, 0.15) is 19.8 Å². The Morgan fingerprint density at radius 2 is 1.79 bits per heavy atom. The van der Waals surface area contributed by atoms with Crippen molar-refractivity contribution >= 4 is 10.1 Å². The Bertz CT molecular complexity index is 201. The molecule has 0 amide bonds. The first-order valence-electron chi connectivity index (χ1n) is 4.54. The summed E-state index contributed by atoms with van der Waals surface area (Å²) in [7, 11) is 0.327. The minimum atomic E-state index is -3.85. The molecule has 0 aliphatic carbocycles. The zero-order chi connectivity index (χ0) is 11.6. The van der Waals surface area contributed by atoms with Crippen molar-refractivity contribution in [3.8, 4) is 0 Å². The molecule has 0 saturated carbocycles. The van der Waals surface area contributed by atoms with E-state index in [1.165, 1.54) is 13.0 Å². The van der Waals surface area contributed by atoms with Gasteiger partial charge in [0, 0.05) is 6.61 Å². The second kappa shape index (κ2) is 9.39. The summed E-state index contributed by atoms with van der Waals surface area (Å²) in [6.45, 7) is 3.18. The lowest BCUT2D eigenvalue weighted by Gasteiger charge is -2.03. The fourth-order valence-corrected chi connectivity index (χ4v) is 1.19. The van der Waals surface area contributed by atoms with Gasteiger partial charge in [-0.25, -0.2) is 0 Å². The molecule has 0 bridgehead atoms. The van der Waals surface area contributed by atoms with Gasteiger partial charge in [0.2, 0.25) is 0 Å². The van der Waals surface area contributed by atoms with E-state index in [1.807, 2.05) is 0 Å². The summed E-state index contributed by atoms with van der Waals surface area (Å²) < 4.78 is 27.7. The van der Waals surface area contributed by atoms with Crippen LogP contribution in [0.25, 0.3) is 0 Å². The quantitative estimate of drug-likeness (QED) is 0.657. The highest BCUT2D eigenvalue weighted by Crippen LogP contribution is 1.84. The molecule has 0 heterocycles. The number of hydrogen-bond donors (Lipinski definition) is 2. The van der Waals surface area contributed by atoms with Crippen LogP contribution in [0.5, 0.6) is 0 Å². The zero-order valence-corrected chi connectivity index (χ0v) is 9.92. The van der Waals surface area contributed by atoms with Gasteiger partial charge in [-0.15, -0.1) is 0 Å². The van der Waals surface area contributed by atoms with Gasteiger partial charge in [-0.3, -0.25) is 4.55 Å². The molecule has 0 rings (SSSR count). The van der Waals surface area contributed by atoms with E-state index >= 15 is 0 Å². The maximum atomic E-state index is 9.83. The van der Waals surface area contributed by atoms with Crippen molar-refractivity contribution in [2.75, 3.05) is 33.0 Å². The number of nitrogens with zero attached hydrogens (tertiary/aromatic N) is 1. The summed E-state index contributed by atoms with van der Waals surface area (Å²) in [5.74, 6) is -0.358. The first kappa shape index (κ1) is 16.3. The third kappa shape index (κ3) is 22.6. The van der Waals surface area contributed by atoms with Crippen molar-refractivity contribution in [3.05, 3.63) is 0 Å². The van der Waals surface area contributed by atoms with E-state index in [-0.39, 0.29) is 18.8 Å². The van der Waals surface area contributed by atoms with Crippen molar-refractivity contribution in [2.24, 2.45) is 0 Å². The van der Waals surface area contributed by atoms with E-state index in [0.29, 0.717) is 0 Å². The molecule has 0 aromatic rings. The molecule has 0 unspecified atom stereocenters. The van der Waals surface area contributed by atoms with E-state index in [2.05, 4.69) is 25.9 Å². The topological polar surface area (TPSA) is 77.8 Å². The molecule has 0 atom stereocenters. The standard InChI is InChI=1S/C5H13N.C3H8O4S/c1-4-5-6(2)3;4-2-1-3-8(5,6)7/h4-5H2,1-3H3;4H,1-3H2,(H,5,6,7). The summed E-state index contributed by atoms with van der Waals surface area (Å²) in [5.41, 5.74) is 0. The second-order valence-corrected chi connectivity index (χ2v) is 4.74. The fraction of sp³-hybridized carbons (Fsp3) is 1.00. The average molecular weight is 227 g/mol. The molecule has 0 spiro atoms. The van der Waals surface area contributed by atoms with Gasteiger partial charge < -0.3 is 10.0 Å². The zero-order valence-electron chi connectivity index (χ0n) is 9.10. The van der Waals surface area contributed by atoms with Crippen molar-refractivity contribution < 1.29 is 18.1 Å². The molecular formula is C8H21NO4S. The van der Waals surface area contributed by atoms with E-state index < -0.39 is 10.1 Å². The molecular weight excluding hydrogens is 206 g/mol. The predicted octanol–water partition coefficient (Wildman–Crippen LogP) is 0.215. The van der Waals surface area contributed by atoms with E-state index in [0.717, 1.165) is 0 Å². The molecule has 0 aromatic heterocycles. The number of rotatable bonds is 5. The van der Waals surface area contributed by atoms with E-state index in [4.69, 9.17) is 9.66 Å². The molecule has 0 radical (unpaired) electrons. The van der Waals surface area contributed by atoms with Crippen molar-refractivity contribution in [3.63, 3.8) is 0 Å². The maximum Gasteiger partial charge on any atom is 0.264 e. The van der Waals surface area contributed by atoms with Crippen LogP contribution in [-0.4, -0.2) is 56.0 Å². The van der Waals surface area contributed by atoms with Crippen LogP contribution in [0.3, 0.4) is 0 Å². The molecule has 0 aromatic carbocycles. The lowest BCUT2D eigenvalue weighted by molar-refractivity contribution is 0.294. The molecule has 0 fully saturated rings. The Labute approximate surface area is 86.5 Å². The highest BCUT2D eigenvalue weighted by molar-refractivity contribution is 7.85. The Hall–Kier alpha value is -0.170. The van der Waals surface area contributed by atoms with E-state index in [9.17, 15) is 8.42 Å². The second-order valence-electron chi connectivity index (χ2n) is 3.17. The first-order chi connectivity index (χ1) is 6.33. The van der Waals surface area contributed by atoms with Gasteiger partial charge >= 0.3 is 0 Å². The smallest absolute Gasteiger partial charge is 0.264 e. The summed E-state index contributed by atoms with van der Waals surface area (Å²) in [5, 5.41) is 8.05. The number of hydrogen-bond acceptors (Lipinski definition) is 4. The lowest BCUT2D eigenvalue weighted by Crippen LogP contribution is -2.11. The molecule has 5 nitrogen and oxygen atoms in total. The van der Waals surface area contributed by atoms with Crippen LogP contribution in [0.4, 0.5) is 0 Å². The van der Waals surface area contributed by atoms with Crippen molar-refractivity contribution in [1.82, 2.24) is 4.90 Å². The number of aliphatic hydroxyl groups excluding tert-OH is 1. The highest BCUT2D eigenvalue weighted by atomic mass is 32.2. The summed E-state index contributed by atoms with van der Waals surface area (Å²) in [6.07, 6.45) is 1.35. The molecule has 6 heteroatoms. The van der Waals surface area contributed by atoms with Crippen LogP contribution in [0.15, 0.2) is 0 Å². The van der Waals surface area contributed by atoms with Gasteiger partial charge in [0.15, 0.2) is 0 Å². The first-order valence-corrected chi connectivity index (χ1v) is 6.15. The van der Waals surface area contributed by atoms with Crippen LogP contribution >= 0.6 is 0 Å². The third-order valence-electron chi connectivity index (χ3n) is 1.23.